The summed E-state index contributed by atoms with van der Waals surface area (Å²) >= 11 is 0. The minimum atomic E-state index is 0. The van der Waals surface area contributed by atoms with Crippen molar-refractivity contribution < 1.29 is 25.8 Å². The van der Waals surface area contributed by atoms with E-state index in [0.29, 0.717) is 12.1 Å². The molecule has 6 rings (SSSR count). The van der Waals surface area contributed by atoms with Gasteiger partial charge in [-0.25, -0.2) is 0 Å². The van der Waals surface area contributed by atoms with Crippen molar-refractivity contribution >= 4 is 0 Å². The molecule has 4 aromatic rings. The maximum atomic E-state index is 5.05. The van der Waals surface area contributed by atoms with Crippen LogP contribution in [0, 0.1) is 13.8 Å². The van der Waals surface area contributed by atoms with Gasteiger partial charge in [0.05, 0.1) is 0 Å². The molecule has 0 saturated heterocycles. The molecule has 0 radical (unpaired) electrons. The predicted molar refractivity (Wildman–Crippen MR) is 243 cm³/mol. The Kier molecular flexibility index (Phi) is 28.4. The Labute approximate surface area is 368 Å². The smallest absolute Gasteiger partial charge is 0 e. The molecule has 0 aromatic heterocycles. The molecule has 57 heavy (non-hydrogen) atoms. The summed E-state index contributed by atoms with van der Waals surface area (Å²) in [6.07, 6.45) is 13.1. The molecule has 2 unspecified atom stereocenters. The summed E-state index contributed by atoms with van der Waals surface area (Å²) in [5, 5.41) is 19.9. The molecule has 6 nitrogen and oxygen atoms in total. The average molecular weight is 936 g/mol. The first-order chi connectivity index (χ1) is 27.4. The summed E-state index contributed by atoms with van der Waals surface area (Å²) in [6, 6.07) is 41.8. The molecule has 2 fully saturated rings. The molecule has 4 aromatic carbocycles. The van der Waals surface area contributed by atoms with E-state index < -0.39 is 0 Å². The van der Waals surface area contributed by atoms with Crippen LogP contribution in [0.2, 0.25) is 0 Å². The zero-order valence-corrected chi connectivity index (χ0v) is 39.4. The van der Waals surface area contributed by atoms with Crippen molar-refractivity contribution in [2.45, 2.75) is 130 Å². The van der Waals surface area contributed by atoms with Crippen LogP contribution in [-0.2, 0) is 38.9 Å². The van der Waals surface area contributed by atoms with Gasteiger partial charge in [0.2, 0.25) is 0 Å². The van der Waals surface area contributed by atoms with Gasteiger partial charge in [0, 0.05) is 25.8 Å². The van der Waals surface area contributed by atoms with Gasteiger partial charge < -0.3 is 31.1 Å². The summed E-state index contributed by atoms with van der Waals surface area (Å²) in [6.45, 7) is 21.8. The maximum Gasteiger partial charge on any atom is 0 e. The van der Waals surface area contributed by atoms with Gasteiger partial charge in [0.25, 0.3) is 0 Å². The van der Waals surface area contributed by atoms with E-state index in [0.717, 1.165) is 50.4 Å². The van der Waals surface area contributed by atoms with Gasteiger partial charge in [-0.3, -0.25) is 0 Å². The Morgan fingerprint density at radius 2 is 0.737 bits per heavy atom. The first-order valence-corrected chi connectivity index (χ1v) is 21.5. The Hall–Kier alpha value is -2.75. The van der Waals surface area contributed by atoms with Crippen molar-refractivity contribution in [3.05, 3.63) is 179 Å². The molecule has 0 spiro atoms. The molecule has 0 bridgehead atoms. The van der Waals surface area contributed by atoms with Crippen molar-refractivity contribution in [3.8, 4) is 0 Å². The number of hydrogen-bond acceptors (Lipinski definition) is 2. The zero-order valence-electron chi connectivity index (χ0n) is 35.8. The van der Waals surface area contributed by atoms with Gasteiger partial charge in [-0.15, -0.1) is 49.4 Å². The summed E-state index contributed by atoms with van der Waals surface area (Å²) in [7, 11) is 0. The largest absolute Gasteiger partial charge is 0.663 e. The van der Waals surface area contributed by atoms with Crippen molar-refractivity contribution in [1.29, 1.82) is 0 Å². The molecule has 312 valence electrons. The van der Waals surface area contributed by atoms with Crippen LogP contribution in [0.15, 0.2) is 121 Å². The van der Waals surface area contributed by atoms with Gasteiger partial charge in [0.1, 0.15) is 0 Å². The third-order valence-corrected chi connectivity index (χ3v) is 10.4. The molecular weight excluding hydrogens is 863 g/mol. The summed E-state index contributed by atoms with van der Waals surface area (Å²) < 4.78 is 0. The Morgan fingerprint density at radius 1 is 0.456 bits per heavy atom. The fourth-order valence-electron chi connectivity index (χ4n) is 6.95. The molecule has 0 heterocycles. The van der Waals surface area contributed by atoms with E-state index in [2.05, 4.69) is 112 Å². The molecule has 0 amide bonds. The monoisotopic (exact) mass is 937 g/mol. The molecular formula is C50H72HfN6-6. The van der Waals surface area contributed by atoms with Crippen molar-refractivity contribution in [3.63, 3.8) is 0 Å². The fraction of sp³-hybridized carbons (Fsp3) is 0.480. The summed E-state index contributed by atoms with van der Waals surface area (Å²) in [5.41, 5.74) is 4.69. The zero-order chi connectivity index (χ0) is 40.1. The van der Waals surface area contributed by atoms with Crippen LogP contribution < -0.4 is 0 Å². The van der Waals surface area contributed by atoms with E-state index in [1.54, 1.807) is 0 Å². The SMILES string of the molecule is CCN(CC)C([N-]Cc1ccccc1)[N-]C1CCCCC1.CCN(CC)C([N-]Cc1ccccc1)[N-]C1CCCCC1.[CH2-]c1ccccc1.[CH2-]c1ccccc1.[Hf]. The van der Waals surface area contributed by atoms with Crippen LogP contribution in [0.1, 0.15) is 114 Å². The van der Waals surface area contributed by atoms with Gasteiger partial charge in [0.15, 0.2) is 0 Å². The Balaban J connectivity index is 0.000000290. The number of rotatable bonds is 16. The van der Waals surface area contributed by atoms with Crippen LogP contribution in [0.4, 0.5) is 0 Å². The fourth-order valence-corrected chi connectivity index (χ4v) is 6.95. The van der Waals surface area contributed by atoms with E-state index in [1.807, 2.05) is 60.7 Å². The van der Waals surface area contributed by atoms with Crippen LogP contribution in [0.5, 0.6) is 0 Å². The molecule has 2 saturated carbocycles. The van der Waals surface area contributed by atoms with Gasteiger partial charge in [-0.05, 0) is 26.2 Å². The van der Waals surface area contributed by atoms with Crippen LogP contribution >= 0.6 is 0 Å². The van der Waals surface area contributed by atoms with E-state index in [4.69, 9.17) is 21.3 Å². The predicted octanol–water partition coefficient (Wildman–Crippen LogP) is 13.5. The van der Waals surface area contributed by atoms with E-state index in [9.17, 15) is 0 Å². The first kappa shape index (κ1) is 50.4. The van der Waals surface area contributed by atoms with Crippen molar-refractivity contribution in [2.24, 2.45) is 0 Å². The van der Waals surface area contributed by atoms with Gasteiger partial charge >= 0.3 is 0 Å². The molecule has 2 aliphatic rings. The normalized spacial score (nSPS) is 15.4. The quantitative estimate of drug-likeness (QED) is 0.0830. The first-order valence-electron chi connectivity index (χ1n) is 21.5. The number of nitrogens with zero attached hydrogens (tertiary/aromatic N) is 6. The van der Waals surface area contributed by atoms with Crippen LogP contribution in [-0.4, -0.2) is 60.6 Å². The standard InChI is InChI=1S/2C18H29N3.2C7H7.Hf/c2*1-3-21(4-2)18(20-17-13-9-6-10-14-17)19-15-16-11-7-5-8-12-16;2*1-7-5-3-2-4-6-7;/h2*5,7-8,11-12,17-18H,3-4,6,9-10,13-15H2,1-2H3;2*2-6H,1H2;/q2*-2;2*-1;. The molecule has 7 heteroatoms. The van der Waals surface area contributed by atoms with Gasteiger partial charge in [-0.1, -0.05) is 176 Å². The van der Waals surface area contributed by atoms with Gasteiger partial charge in [-0.2, -0.15) is 61.8 Å². The van der Waals surface area contributed by atoms with Crippen molar-refractivity contribution in [2.75, 3.05) is 26.2 Å². The molecule has 2 aliphatic carbocycles. The average Bonchev–Trinajstić information content (AvgIpc) is 3.25. The minimum absolute atomic E-state index is 0. The topological polar surface area (TPSA) is 62.9 Å². The minimum Gasteiger partial charge on any atom is -0.663 e. The Morgan fingerprint density at radius 3 is 0.982 bits per heavy atom. The van der Waals surface area contributed by atoms with Crippen molar-refractivity contribution in [1.82, 2.24) is 9.80 Å². The summed E-state index contributed by atoms with van der Waals surface area (Å²) in [4.78, 5) is 4.72. The number of benzene rings is 4. The summed E-state index contributed by atoms with van der Waals surface area (Å²) in [5.74, 6) is 0. The second-order valence-electron chi connectivity index (χ2n) is 14.6. The number of hydrogen-bond donors (Lipinski definition) is 0. The van der Waals surface area contributed by atoms with E-state index in [1.165, 1.54) is 75.3 Å². The molecule has 0 aliphatic heterocycles. The molecule has 0 N–H and O–H groups in total. The second kappa shape index (κ2) is 32.1. The second-order valence-corrected chi connectivity index (χ2v) is 14.6. The third kappa shape index (κ3) is 22.3. The van der Waals surface area contributed by atoms with E-state index in [-0.39, 0.29) is 38.4 Å². The van der Waals surface area contributed by atoms with E-state index >= 15 is 0 Å². The third-order valence-electron chi connectivity index (χ3n) is 10.4. The van der Waals surface area contributed by atoms with Crippen LogP contribution in [0.3, 0.4) is 0 Å². The molecule has 2 atom stereocenters. The Bertz CT molecular complexity index is 1330. The maximum absolute atomic E-state index is 5.05. The van der Waals surface area contributed by atoms with Crippen LogP contribution in [0.25, 0.3) is 21.3 Å².